The molecule has 0 bridgehead atoms. The molecule has 2 amide bonds. The number of amides is 2. The number of carbonyl (C=O) groups is 2. The number of benzene rings is 1. The summed E-state index contributed by atoms with van der Waals surface area (Å²) in [5, 5.41) is 6.68. The molecule has 0 radical (unpaired) electrons. The molecule has 0 saturated heterocycles. The van der Waals surface area contributed by atoms with E-state index in [2.05, 4.69) is 15.8 Å². The zero-order valence-corrected chi connectivity index (χ0v) is 13.9. The second kappa shape index (κ2) is 9.45. The fourth-order valence-electron chi connectivity index (χ4n) is 1.75. The van der Waals surface area contributed by atoms with Gasteiger partial charge in [-0.1, -0.05) is 6.92 Å². The number of nitrogens with one attached hydrogen (secondary N) is 2. The second-order valence-electron chi connectivity index (χ2n) is 4.92. The van der Waals surface area contributed by atoms with Crippen LogP contribution in [0, 0.1) is 0 Å². The quantitative estimate of drug-likeness (QED) is 0.563. The number of carbonyl (C=O) groups excluding carboxylic acids is 2. The predicted molar refractivity (Wildman–Crippen MR) is 88.0 cm³/mol. The molecule has 0 atom stereocenters. The van der Waals surface area contributed by atoms with Crippen molar-refractivity contribution in [1.29, 1.82) is 0 Å². The Morgan fingerprint density at radius 3 is 2.26 bits per heavy atom. The Hall–Kier alpha value is -2.57. The van der Waals surface area contributed by atoms with Crippen LogP contribution in [0.15, 0.2) is 23.3 Å². The van der Waals surface area contributed by atoms with Gasteiger partial charge in [-0.25, -0.2) is 5.43 Å². The van der Waals surface area contributed by atoms with Gasteiger partial charge in [-0.3, -0.25) is 9.59 Å². The number of ether oxygens (including phenoxy) is 2. The van der Waals surface area contributed by atoms with E-state index in [0.717, 1.165) is 6.42 Å². The number of methoxy groups -OCH3 is 2. The molecule has 0 aliphatic rings. The van der Waals surface area contributed by atoms with Gasteiger partial charge in [-0.15, -0.1) is 0 Å². The van der Waals surface area contributed by atoms with Crippen molar-refractivity contribution in [3.05, 3.63) is 23.8 Å². The maximum Gasteiger partial charge on any atom is 0.271 e. The van der Waals surface area contributed by atoms with Crippen LogP contribution in [-0.2, 0) is 4.79 Å². The lowest BCUT2D eigenvalue weighted by Gasteiger charge is -2.08. The van der Waals surface area contributed by atoms with E-state index in [0.29, 0.717) is 29.3 Å². The van der Waals surface area contributed by atoms with Gasteiger partial charge in [-0.05, 0) is 25.5 Å². The summed E-state index contributed by atoms with van der Waals surface area (Å²) in [6, 6.07) is 4.83. The Bertz CT molecular complexity index is 562. The van der Waals surface area contributed by atoms with Gasteiger partial charge in [0.1, 0.15) is 11.5 Å². The van der Waals surface area contributed by atoms with E-state index in [4.69, 9.17) is 9.47 Å². The molecule has 0 aliphatic heterocycles. The molecule has 0 aromatic heterocycles. The molecule has 0 heterocycles. The van der Waals surface area contributed by atoms with Gasteiger partial charge in [0.05, 0.1) is 20.6 Å². The average molecular weight is 321 g/mol. The summed E-state index contributed by atoms with van der Waals surface area (Å²) in [5.74, 6) is 0.490. The smallest absolute Gasteiger partial charge is 0.271 e. The number of nitrogens with zero attached hydrogens (tertiary/aromatic N) is 1. The summed E-state index contributed by atoms with van der Waals surface area (Å²) in [7, 11) is 3.02. The minimum atomic E-state index is -0.407. The van der Waals surface area contributed by atoms with E-state index in [9.17, 15) is 9.59 Å². The Kier molecular flexibility index (Phi) is 7.59. The fourth-order valence-corrected chi connectivity index (χ4v) is 1.75. The highest BCUT2D eigenvalue weighted by molar-refractivity contribution is 6.01. The lowest BCUT2D eigenvalue weighted by molar-refractivity contribution is -0.119. The van der Waals surface area contributed by atoms with Crippen molar-refractivity contribution in [3.8, 4) is 11.5 Å². The highest BCUT2D eigenvalue weighted by atomic mass is 16.5. The minimum absolute atomic E-state index is 0.120. The lowest BCUT2D eigenvalue weighted by Crippen LogP contribution is -2.27. The number of hydrazone groups is 1. The first-order valence-electron chi connectivity index (χ1n) is 7.33. The third-order valence-electron chi connectivity index (χ3n) is 2.95. The van der Waals surface area contributed by atoms with Crippen molar-refractivity contribution in [2.45, 2.75) is 26.7 Å². The van der Waals surface area contributed by atoms with E-state index in [1.54, 1.807) is 25.1 Å². The van der Waals surface area contributed by atoms with E-state index < -0.39 is 5.91 Å². The van der Waals surface area contributed by atoms with Crippen LogP contribution in [0.2, 0.25) is 0 Å². The van der Waals surface area contributed by atoms with Gasteiger partial charge in [-0.2, -0.15) is 5.10 Å². The van der Waals surface area contributed by atoms with Crippen molar-refractivity contribution >= 4 is 17.5 Å². The zero-order valence-electron chi connectivity index (χ0n) is 13.9. The summed E-state index contributed by atoms with van der Waals surface area (Å²) < 4.78 is 10.2. The molecule has 1 aromatic rings. The molecule has 23 heavy (non-hydrogen) atoms. The van der Waals surface area contributed by atoms with Crippen molar-refractivity contribution in [2.24, 2.45) is 5.10 Å². The molecule has 0 fully saturated rings. The molecule has 2 N–H and O–H groups in total. The molecule has 1 rings (SSSR count). The van der Waals surface area contributed by atoms with Gasteiger partial charge in [0.2, 0.25) is 5.91 Å². The van der Waals surface area contributed by atoms with Crippen molar-refractivity contribution in [1.82, 2.24) is 10.7 Å². The Morgan fingerprint density at radius 2 is 1.74 bits per heavy atom. The molecule has 7 heteroatoms. The van der Waals surface area contributed by atoms with Crippen LogP contribution in [-0.4, -0.2) is 38.3 Å². The highest BCUT2D eigenvalue weighted by Crippen LogP contribution is 2.22. The summed E-state index contributed by atoms with van der Waals surface area (Å²) in [6.45, 7) is 4.28. The van der Waals surface area contributed by atoms with Crippen LogP contribution in [0.1, 0.15) is 37.0 Å². The average Bonchev–Trinajstić information content (AvgIpc) is 2.57. The SMILES string of the molecule is CCCNC(=O)C/C(C)=N/NC(=O)c1cc(OC)cc(OC)c1. The maximum absolute atomic E-state index is 12.1. The van der Waals surface area contributed by atoms with E-state index in [-0.39, 0.29) is 12.3 Å². The van der Waals surface area contributed by atoms with Crippen molar-refractivity contribution < 1.29 is 19.1 Å². The van der Waals surface area contributed by atoms with E-state index >= 15 is 0 Å². The van der Waals surface area contributed by atoms with Crippen LogP contribution in [0.5, 0.6) is 11.5 Å². The molecule has 0 saturated carbocycles. The normalized spacial score (nSPS) is 10.9. The molecular weight excluding hydrogens is 298 g/mol. The van der Waals surface area contributed by atoms with Crippen LogP contribution in [0.4, 0.5) is 0 Å². The van der Waals surface area contributed by atoms with Gasteiger partial charge in [0, 0.05) is 23.9 Å². The fraction of sp³-hybridized carbons (Fsp3) is 0.438. The summed E-state index contributed by atoms with van der Waals surface area (Å²) in [6.07, 6.45) is 1.01. The predicted octanol–water partition coefficient (Wildman–Crippen LogP) is 1.73. The molecule has 0 unspecified atom stereocenters. The Balaban J connectivity index is 2.68. The van der Waals surface area contributed by atoms with Crippen molar-refractivity contribution in [3.63, 3.8) is 0 Å². The molecular formula is C16H23N3O4. The van der Waals surface area contributed by atoms with Crippen LogP contribution in [0.25, 0.3) is 0 Å². The molecule has 0 aliphatic carbocycles. The topological polar surface area (TPSA) is 89.0 Å². The third-order valence-corrected chi connectivity index (χ3v) is 2.95. The van der Waals surface area contributed by atoms with E-state index in [1.165, 1.54) is 14.2 Å². The van der Waals surface area contributed by atoms with Crippen molar-refractivity contribution in [2.75, 3.05) is 20.8 Å². The van der Waals surface area contributed by atoms with E-state index in [1.807, 2.05) is 6.92 Å². The first kappa shape index (κ1) is 18.5. The number of hydrogen-bond acceptors (Lipinski definition) is 5. The standard InChI is InChI=1S/C16H23N3O4/c1-5-6-17-15(20)7-11(2)18-19-16(21)12-8-13(22-3)10-14(9-12)23-4/h8-10H,5-7H2,1-4H3,(H,17,20)(H,19,21)/b18-11+. The van der Waals surface area contributed by atoms with Crippen LogP contribution < -0.4 is 20.2 Å². The minimum Gasteiger partial charge on any atom is -0.497 e. The Morgan fingerprint density at radius 1 is 1.13 bits per heavy atom. The number of rotatable bonds is 8. The van der Waals surface area contributed by atoms with Crippen LogP contribution >= 0.6 is 0 Å². The second-order valence-corrected chi connectivity index (χ2v) is 4.92. The molecule has 1 aromatic carbocycles. The summed E-state index contributed by atoms with van der Waals surface area (Å²) in [4.78, 5) is 23.7. The largest absolute Gasteiger partial charge is 0.497 e. The van der Waals surface area contributed by atoms with Gasteiger partial charge < -0.3 is 14.8 Å². The molecule has 126 valence electrons. The van der Waals surface area contributed by atoms with Crippen LogP contribution in [0.3, 0.4) is 0 Å². The summed E-state index contributed by atoms with van der Waals surface area (Å²) >= 11 is 0. The lowest BCUT2D eigenvalue weighted by atomic mass is 10.2. The summed E-state index contributed by atoms with van der Waals surface area (Å²) in [5.41, 5.74) is 3.29. The maximum atomic E-state index is 12.1. The van der Waals surface area contributed by atoms with Gasteiger partial charge in [0.15, 0.2) is 0 Å². The number of hydrogen-bond donors (Lipinski definition) is 2. The zero-order chi connectivity index (χ0) is 17.2. The Labute approximate surface area is 136 Å². The van der Waals surface area contributed by atoms with Gasteiger partial charge in [0.25, 0.3) is 5.91 Å². The molecule has 7 nitrogen and oxygen atoms in total. The monoisotopic (exact) mass is 321 g/mol. The highest BCUT2D eigenvalue weighted by Gasteiger charge is 2.10. The first-order valence-corrected chi connectivity index (χ1v) is 7.33. The third kappa shape index (κ3) is 6.37. The van der Waals surface area contributed by atoms with Gasteiger partial charge >= 0.3 is 0 Å². The molecule has 0 spiro atoms. The first-order chi connectivity index (χ1) is 11.0.